The van der Waals surface area contributed by atoms with Crippen LogP contribution in [0.3, 0.4) is 0 Å². The average Bonchev–Trinajstić information content (AvgIpc) is 2.59. The molecule has 2 rings (SSSR count). The van der Waals surface area contributed by atoms with Gasteiger partial charge in [0.25, 0.3) is 5.56 Å². The molecule has 0 aliphatic heterocycles. The first kappa shape index (κ1) is 20.4. The molecule has 0 radical (unpaired) electrons. The highest BCUT2D eigenvalue weighted by Gasteiger charge is 2.14. The minimum absolute atomic E-state index is 0.0682. The summed E-state index contributed by atoms with van der Waals surface area (Å²) in [5.41, 5.74) is 2.59. The third-order valence-corrected chi connectivity index (χ3v) is 4.62. The lowest BCUT2D eigenvalue weighted by Gasteiger charge is -2.27. The Balaban J connectivity index is 2.23. The van der Waals surface area contributed by atoms with Gasteiger partial charge in [0.05, 0.1) is 18.7 Å². The van der Waals surface area contributed by atoms with Crippen molar-refractivity contribution in [3.8, 4) is 0 Å². The Morgan fingerprint density at radius 2 is 2.08 bits per heavy atom. The third-order valence-electron chi connectivity index (χ3n) is 4.21. The van der Waals surface area contributed by atoms with E-state index in [1.807, 2.05) is 50.2 Å². The van der Waals surface area contributed by atoms with Gasteiger partial charge in [-0.2, -0.15) is 0 Å². The minimum Gasteiger partial charge on any atom is -0.383 e. The van der Waals surface area contributed by atoms with E-state index in [0.717, 1.165) is 29.6 Å². The first-order valence-electron chi connectivity index (χ1n) is 8.70. The van der Waals surface area contributed by atoms with Crippen LogP contribution < -0.4 is 10.9 Å². The molecule has 1 heterocycles. The lowest BCUT2D eigenvalue weighted by atomic mass is 10.1. The van der Waals surface area contributed by atoms with E-state index in [9.17, 15) is 4.79 Å². The van der Waals surface area contributed by atoms with E-state index in [1.165, 1.54) is 0 Å². The number of pyridine rings is 1. The molecule has 0 spiro atoms. The molecule has 0 atom stereocenters. The average molecular weight is 377 g/mol. The fraction of sp³-hybridized carbons (Fsp3) is 0.474. The molecule has 6 nitrogen and oxygen atoms in total. The molecular formula is C19H28N4O2S. The Morgan fingerprint density at radius 3 is 2.77 bits per heavy atom. The summed E-state index contributed by atoms with van der Waals surface area (Å²) in [6.45, 7) is 5.26. The molecular weight excluding hydrogens is 348 g/mol. The van der Waals surface area contributed by atoms with E-state index in [-0.39, 0.29) is 5.56 Å². The van der Waals surface area contributed by atoms with E-state index in [1.54, 1.807) is 7.11 Å². The van der Waals surface area contributed by atoms with Crippen LogP contribution in [0.5, 0.6) is 0 Å². The molecule has 1 aromatic carbocycles. The number of fused-ring (bicyclic) bond motifs is 1. The summed E-state index contributed by atoms with van der Waals surface area (Å²) in [5.74, 6) is 0. The molecule has 0 aliphatic carbocycles. The molecule has 0 saturated heterocycles. The molecule has 0 saturated carbocycles. The smallest absolute Gasteiger partial charge is 0.253 e. The molecule has 2 aromatic rings. The second-order valence-corrected chi connectivity index (χ2v) is 7.00. The monoisotopic (exact) mass is 376 g/mol. The zero-order chi connectivity index (χ0) is 19.1. The molecule has 7 heteroatoms. The summed E-state index contributed by atoms with van der Waals surface area (Å²) >= 11 is 5.53. The third kappa shape index (κ3) is 5.52. The van der Waals surface area contributed by atoms with Crippen molar-refractivity contribution < 1.29 is 4.74 Å². The van der Waals surface area contributed by atoms with Crippen LogP contribution in [0.1, 0.15) is 11.1 Å². The largest absolute Gasteiger partial charge is 0.383 e. The Kier molecular flexibility index (Phi) is 7.56. The predicted octanol–water partition coefficient (Wildman–Crippen LogP) is 1.72. The number of H-pyrrole nitrogens is 1. The van der Waals surface area contributed by atoms with Crippen LogP contribution in [0.25, 0.3) is 10.9 Å². The number of aryl methyl sites for hydroxylation is 1. The molecule has 0 unspecified atom stereocenters. The first-order chi connectivity index (χ1) is 12.4. The maximum Gasteiger partial charge on any atom is 0.253 e. The summed E-state index contributed by atoms with van der Waals surface area (Å²) in [5, 5.41) is 4.86. The summed E-state index contributed by atoms with van der Waals surface area (Å²) in [6, 6.07) is 7.97. The Bertz CT molecular complexity index is 804. The fourth-order valence-electron chi connectivity index (χ4n) is 2.70. The van der Waals surface area contributed by atoms with Crippen molar-refractivity contribution in [2.24, 2.45) is 0 Å². The van der Waals surface area contributed by atoms with E-state index in [4.69, 9.17) is 17.0 Å². The van der Waals surface area contributed by atoms with Crippen molar-refractivity contribution in [3.63, 3.8) is 0 Å². The molecule has 0 bridgehead atoms. The molecule has 2 N–H and O–H groups in total. The van der Waals surface area contributed by atoms with Gasteiger partial charge in [-0.15, -0.1) is 0 Å². The number of rotatable bonds is 8. The Hall–Kier alpha value is -1.96. The summed E-state index contributed by atoms with van der Waals surface area (Å²) < 4.78 is 5.06. The standard InChI is InChI=1S/C19H28N4O2S/c1-14-6-5-7-15-12-16(18(24)21-17(14)15)13-23(10-9-22(2)3)19(26)20-8-11-25-4/h5-7,12H,8-11,13H2,1-4H3,(H,20,26)(H,21,24). The Labute approximate surface area is 160 Å². The van der Waals surface area contributed by atoms with Gasteiger partial charge >= 0.3 is 0 Å². The van der Waals surface area contributed by atoms with Gasteiger partial charge < -0.3 is 24.8 Å². The van der Waals surface area contributed by atoms with E-state index in [0.29, 0.717) is 30.4 Å². The minimum atomic E-state index is -0.0682. The topological polar surface area (TPSA) is 60.6 Å². The first-order valence-corrected chi connectivity index (χ1v) is 9.11. The van der Waals surface area contributed by atoms with Gasteiger partial charge in [-0.3, -0.25) is 4.79 Å². The summed E-state index contributed by atoms with van der Waals surface area (Å²) in [7, 11) is 5.70. The van der Waals surface area contributed by atoms with Crippen LogP contribution >= 0.6 is 12.2 Å². The zero-order valence-corrected chi connectivity index (χ0v) is 16.8. The zero-order valence-electron chi connectivity index (χ0n) is 16.0. The normalized spacial score (nSPS) is 11.1. The van der Waals surface area contributed by atoms with Crippen molar-refractivity contribution in [3.05, 3.63) is 45.7 Å². The molecule has 0 aliphatic rings. The summed E-state index contributed by atoms with van der Waals surface area (Å²) in [6.07, 6.45) is 0. The molecule has 1 aromatic heterocycles. The van der Waals surface area contributed by atoms with Crippen molar-refractivity contribution >= 4 is 28.2 Å². The van der Waals surface area contributed by atoms with Gasteiger partial charge in [0.15, 0.2) is 5.11 Å². The number of nitrogens with zero attached hydrogens (tertiary/aromatic N) is 2. The van der Waals surface area contributed by atoms with Crippen LogP contribution in [0, 0.1) is 6.92 Å². The van der Waals surface area contributed by atoms with Gasteiger partial charge in [0.1, 0.15) is 0 Å². The second kappa shape index (κ2) is 9.66. The number of hydrogen-bond acceptors (Lipinski definition) is 4. The molecule has 0 fully saturated rings. The maximum absolute atomic E-state index is 12.6. The van der Waals surface area contributed by atoms with Crippen LogP contribution in [-0.4, -0.2) is 67.3 Å². The van der Waals surface area contributed by atoms with Crippen LogP contribution in [0.15, 0.2) is 29.1 Å². The Morgan fingerprint density at radius 1 is 1.31 bits per heavy atom. The van der Waals surface area contributed by atoms with Crippen molar-refractivity contribution in [2.45, 2.75) is 13.5 Å². The molecule has 0 amide bonds. The number of benzene rings is 1. The van der Waals surface area contributed by atoms with Gasteiger partial charge in [-0.1, -0.05) is 18.2 Å². The number of likely N-dealkylation sites (N-methyl/N-ethyl adjacent to an activating group) is 1. The van der Waals surface area contributed by atoms with Crippen molar-refractivity contribution in [1.82, 2.24) is 20.1 Å². The maximum atomic E-state index is 12.6. The van der Waals surface area contributed by atoms with Gasteiger partial charge in [0, 0.05) is 32.3 Å². The number of hydrogen-bond donors (Lipinski definition) is 2. The second-order valence-electron chi connectivity index (χ2n) is 6.61. The fourth-order valence-corrected chi connectivity index (χ4v) is 2.95. The number of nitrogens with one attached hydrogen (secondary N) is 2. The molecule has 142 valence electrons. The van der Waals surface area contributed by atoms with Crippen LogP contribution in [-0.2, 0) is 11.3 Å². The van der Waals surface area contributed by atoms with Gasteiger partial charge in [-0.25, -0.2) is 0 Å². The predicted molar refractivity (Wildman–Crippen MR) is 111 cm³/mol. The summed E-state index contributed by atoms with van der Waals surface area (Å²) in [4.78, 5) is 19.7. The van der Waals surface area contributed by atoms with Crippen LogP contribution in [0.4, 0.5) is 0 Å². The highest BCUT2D eigenvalue weighted by molar-refractivity contribution is 7.80. The number of aromatic amines is 1. The van der Waals surface area contributed by atoms with Gasteiger partial charge in [-0.05, 0) is 50.3 Å². The van der Waals surface area contributed by atoms with E-state index < -0.39 is 0 Å². The lowest BCUT2D eigenvalue weighted by molar-refractivity contribution is 0.202. The van der Waals surface area contributed by atoms with E-state index in [2.05, 4.69) is 15.2 Å². The SMILES string of the molecule is COCCNC(=S)N(CCN(C)C)Cc1cc2cccc(C)c2[nH]c1=O. The highest BCUT2D eigenvalue weighted by atomic mass is 32.1. The van der Waals surface area contributed by atoms with Crippen LogP contribution in [0.2, 0.25) is 0 Å². The van der Waals surface area contributed by atoms with Gasteiger partial charge in [0.2, 0.25) is 0 Å². The number of methoxy groups -OCH3 is 1. The number of ether oxygens (including phenoxy) is 1. The number of para-hydroxylation sites is 1. The molecule has 26 heavy (non-hydrogen) atoms. The quantitative estimate of drug-likeness (QED) is 0.540. The number of aromatic nitrogens is 1. The van der Waals surface area contributed by atoms with Crippen molar-refractivity contribution in [1.29, 1.82) is 0 Å². The van der Waals surface area contributed by atoms with Crippen molar-refractivity contribution in [2.75, 3.05) is 47.4 Å². The van der Waals surface area contributed by atoms with E-state index >= 15 is 0 Å². The lowest BCUT2D eigenvalue weighted by Crippen LogP contribution is -2.44. The highest BCUT2D eigenvalue weighted by Crippen LogP contribution is 2.15. The number of thiocarbonyl (C=S) groups is 1.